The van der Waals surface area contributed by atoms with Gasteiger partial charge in [0.05, 0.1) is 17.2 Å². The Morgan fingerprint density at radius 3 is 2.65 bits per heavy atom. The number of anilines is 1. The first-order valence-electron chi connectivity index (χ1n) is 6.34. The Balaban J connectivity index is 2.96. The second-order valence-electron chi connectivity index (χ2n) is 4.12. The third-order valence-corrected chi connectivity index (χ3v) is 3.24. The number of carbonyl (C=O) groups is 1. The molecule has 0 unspecified atom stereocenters. The summed E-state index contributed by atoms with van der Waals surface area (Å²) < 4.78 is 5.53. The van der Waals surface area contributed by atoms with Crippen molar-refractivity contribution in [3.63, 3.8) is 0 Å². The highest BCUT2D eigenvalue weighted by molar-refractivity contribution is 9.10. The molecule has 1 rings (SSSR count). The highest BCUT2D eigenvalue weighted by Crippen LogP contribution is 2.30. The number of halogens is 1. The molecule has 0 saturated heterocycles. The molecule has 0 aliphatic rings. The van der Waals surface area contributed by atoms with E-state index < -0.39 is 4.92 Å². The van der Waals surface area contributed by atoms with Crippen molar-refractivity contribution in [3.8, 4) is 0 Å². The van der Waals surface area contributed by atoms with Crippen LogP contribution in [0, 0.1) is 10.1 Å². The first-order valence-corrected chi connectivity index (χ1v) is 7.13. The van der Waals surface area contributed by atoms with E-state index in [4.69, 9.17) is 4.74 Å². The highest BCUT2D eigenvalue weighted by atomic mass is 79.9. The Morgan fingerprint density at radius 2 is 2.15 bits per heavy atom. The van der Waals surface area contributed by atoms with Gasteiger partial charge in [-0.25, -0.2) is 0 Å². The lowest BCUT2D eigenvalue weighted by Gasteiger charge is -2.24. The van der Waals surface area contributed by atoms with Crippen LogP contribution in [0.3, 0.4) is 0 Å². The van der Waals surface area contributed by atoms with Crippen LogP contribution in [-0.2, 0) is 9.53 Å². The standard InChI is InChI=1S/C13H17BrN2O4/c1-3-7-15(9-13(17)20-4-2)12-6-5-10(16(18)19)8-11(12)14/h5-6,8H,3-4,7,9H2,1-2H3. The molecule has 7 heteroatoms. The molecule has 1 aromatic carbocycles. The van der Waals surface area contributed by atoms with Crippen molar-refractivity contribution in [1.82, 2.24) is 0 Å². The molecular weight excluding hydrogens is 328 g/mol. The second kappa shape index (κ2) is 7.84. The fraction of sp³-hybridized carbons (Fsp3) is 0.462. The maximum Gasteiger partial charge on any atom is 0.325 e. The van der Waals surface area contributed by atoms with Gasteiger partial charge in [-0.2, -0.15) is 0 Å². The summed E-state index contributed by atoms with van der Waals surface area (Å²) in [4.78, 5) is 23.7. The zero-order chi connectivity index (χ0) is 15.1. The van der Waals surface area contributed by atoms with Crippen LogP contribution in [0.4, 0.5) is 11.4 Å². The minimum absolute atomic E-state index is 0.00760. The summed E-state index contributed by atoms with van der Waals surface area (Å²) in [5, 5.41) is 10.7. The summed E-state index contributed by atoms with van der Waals surface area (Å²) in [6, 6.07) is 4.49. The third-order valence-electron chi connectivity index (χ3n) is 2.60. The van der Waals surface area contributed by atoms with E-state index >= 15 is 0 Å². The first-order chi connectivity index (χ1) is 9.49. The SMILES string of the molecule is CCCN(CC(=O)OCC)c1ccc([N+](=O)[O-])cc1Br. The van der Waals surface area contributed by atoms with Crippen LogP contribution in [0.5, 0.6) is 0 Å². The van der Waals surface area contributed by atoms with E-state index in [1.165, 1.54) is 12.1 Å². The van der Waals surface area contributed by atoms with Crippen molar-refractivity contribution in [3.05, 3.63) is 32.8 Å². The van der Waals surface area contributed by atoms with Gasteiger partial charge in [-0.3, -0.25) is 14.9 Å². The maximum absolute atomic E-state index is 11.6. The average molecular weight is 345 g/mol. The molecular formula is C13H17BrN2O4. The normalized spacial score (nSPS) is 10.2. The summed E-state index contributed by atoms with van der Waals surface area (Å²) in [7, 11) is 0. The van der Waals surface area contributed by atoms with Gasteiger partial charge in [0.2, 0.25) is 0 Å². The average Bonchev–Trinajstić information content (AvgIpc) is 2.38. The summed E-state index contributed by atoms with van der Waals surface area (Å²) in [6.45, 7) is 4.87. The van der Waals surface area contributed by atoms with Gasteiger partial charge < -0.3 is 9.64 Å². The Hall–Kier alpha value is -1.63. The minimum atomic E-state index is -0.454. The first kappa shape index (κ1) is 16.4. The number of non-ortho nitro benzene ring substituents is 1. The lowest BCUT2D eigenvalue weighted by Crippen LogP contribution is -2.32. The van der Waals surface area contributed by atoms with E-state index in [0.29, 0.717) is 17.6 Å². The number of nitrogens with zero attached hydrogens (tertiary/aromatic N) is 2. The Kier molecular flexibility index (Phi) is 6.44. The van der Waals surface area contributed by atoms with Gasteiger partial charge >= 0.3 is 5.97 Å². The fourth-order valence-electron chi connectivity index (χ4n) is 1.78. The van der Waals surface area contributed by atoms with Crippen molar-refractivity contribution >= 4 is 33.3 Å². The quantitative estimate of drug-likeness (QED) is 0.431. The van der Waals surface area contributed by atoms with E-state index in [0.717, 1.165) is 12.1 Å². The number of esters is 1. The number of hydrogen-bond acceptors (Lipinski definition) is 5. The van der Waals surface area contributed by atoms with E-state index in [1.54, 1.807) is 13.0 Å². The molecule has 0 aromatic heterocycles. The molecule has 1 aromatic rings. The van der Waals surface area contributed by atoms with Gasteiger partial charge in [0.15, 0.2) is 0 Å². The van der Waals surface area contributed by atoms with Gasteiger partial charge in [0.25, 0.3) is 5.69 Å². The zero-order valence-electron chi connectivity index (χ0n) is 11.5. The fourth-order valence-corrected chi connectivity index (χ4v) is 2.40. The van der Waals surface area contributed by atoms with E-state index in [2.05, 4.69) is 15.9 Å². The van der Waals surface area contributed by atoms with Crippen LogP contribution in [0.1, 0.15) is 20.3 Å². The van der Waals surface area contributed by atoms with Gasteiger partial charge in [-0.1, -0.05) is 6.92 Å². The smallest absolute Gasteiger partial charge is 0.325 e. The topological polar surface area (TPSA) is 72.7 Å². The van der Waals surface area contributed by atoms with Crippen molar-refractivity contribution in [2.45, 2.75) is 20.3 Å². The summed E-state index contributed by atoms with van der Waals surface area (Å²) in [6.07, 6.45) is 0.850. The van der Waals surface area contributed by atoms with E-state index in [1.807, 2.05) is 11.8 Å². The summed E-state index contributed by atoms with van der Waals surface area (Å²) in [5.41, 5.74) is 0.749. The number of nitro groups is 1. The molecule has 0 N–H and O–H groups in total. The number of benzene rings is 1. The Bertz CT molecular complexity index is 493. The number of hydrogen-bond donors (Lipinski definition) is 0. The third kappa shape index (κ3) is 4.48. The highest BCUT2D eigenvalue weighted by Gasteiger charge is 2.16. The lowest BCUT2D eigenvalue weighted by atomic mass is 10.2. The molecule has 0 radical (unpaired) electrons. The van der Waals surface area contributed by atoms with Crippen LogP contribution in [0.15, 0.2) is 22.7 Å². The molecule has 0 fully saturated rings. The van der Waals surface area contributed by atoms with Crippen LogP contribution >= 0.6 is 15.9 Å². The van der Waals surface area contributed by atoms with Crippen molar-refractivity contribution in [1.29, 1.82) is 0 Å². The van der Waals surface area contributed by atoms with Crippen LogP contribution in [0.25, 0.3) is 0 Å². The molecule has 0 aliphatic heterocycles. The molecule has 20 heavy (non-hydrogen) atoms. The maximum atomic E-state index is 11.6. The van der Waals surface area contributed by atoms with Gasteiger partial charge in [-0.05, 0) is 35.3 Å². The molecule has 0 saturated carbocycles. The van der Waals surface area contributed by atoms with Crippen LogP contribution in [0.2, 0.25) is 0 Å². The van der Waals surface area contributed by atoms with E-state index in [9.17, 15) is 14.9 Å². The number of rotatable bonds is 7. The number of carbonyl (C=O) groups excluding carboxylic acids is 1. The number of ether oxygens (including phenoxy) is 1. The van der Waals surface area contributed by atoms with Gasteiger partial charge in [-0.15, -0.1) is 0 Å². The van der Waals surface area contributed by atoms with E-state index in [-0.39, 0.29) is 18.2 Å². The lowest BCUT2D eigenvalue weighted by molar-refractivity contribution is -0.384. The monoisotopic (exact) mass is 344 g/mol. The van der Waals surface area contributed by atoms with Gasteiger partial charge in [0, 0.05) is 23.2 Å². The largest absolute Gasteiger partial charge is 0.465 e. The molecule has 0 amide bonds. The molecule has 0 aliphatic carbocycles. The Morgan fingerprint density at radius 1 is 1.45 bits per heavy atom. The molecule has 0 spiro atoms. The van der Waals surface area contributed by atoms with Crippen LogP contribution in [-0.4, -0.2) is 30.6 Å². The predicted octanol–water partition coefficient (Wildman–Crippen LogP) is 3.14. The second-order valence-corrected chi connectivity index (χ2v) is 4.97. The van der Waals surface area contributed by atoms with Gasteiger partial charge in [0.1, 0.15) is 6.54 Å². The Labute approximate surface area is 126 Å². The predicted molar refractivity (Wildman–Crippen MR) is 79.9 cm³/mol. The summed E-state index contributed by atoms with van der Waals surface area (Å²) >= 11 is 3.32. The zero-order valence-corrected chi connectivity index (χ0v) is 13.1. The van der Waals surface area contributed by atoms with Crippen molar-refractivity contribution in [2.75, 3.05) is 24.6 Å². The molecule has 0 bridgehead atoms. The van der Waals surface area contributed by atoms with Crippen molar-refractivity contribution < 1.29 is 14.5 Å². The molecule has 110 valence electrons. The number of nitro benzene ring substituents is 1. The van der Waals surface area contributed by atoms with Crippen LogP contribution < -0.4 is 4.90 Å². The molecule has 0 heterocycles. The molecule has 6 nitrogen and oxygen atoms in total. The minimum Gasteiger partial charge on any atom is -0.465 e. The molecule has 0 atom stereocenters. The van der Waals surface area contributed by atoms with Crippen molar-refractivity contribution in [2.24, 2.45) is 0 Å². The summed E-state index contributed by atoms with van der Waals surface area (Å²) in [5.74, 6) is -0.314.